The van der Waals surface area contributed by atoms with Crippen LogP contribution < -0.4 is 10.6 Å². The fraction of sp³-hybridized carbons (Fsp3) is 0.423. The maximum Gasteiger partial charge on any atom is 0.411 e. The summed E-state index contributed by atoms with van der Waals surface area (Å²) in [6, 6.07) is 15.8. The minimum atomic E-state index is -0.791. The number of carbonyl (C=O) groups is 3. The van der Waals surface area contributed by atoms with E-state index in [0.29, 0.717) is 23.7 Å². The topological polar surface area (TPSA) is 87.7 Å². The van der Waals surface area contributed by atoms with Gasteiger partial charge in [-0.05, 0) is 35.6 Å². The number of hydrogen-bond donors (Lipinski definition) is 2. The van der Waals surface area contributed by atoms with Crippen LogP contribution in [0.15, 0.2) is 54.6 Å². The molecule has 3 rings (SSSR count). The first-order valence-corrected chi connectivity index (χ1v) is 11.5. The Hall–Kier alpha value is -3.35. The normalized spacial score (nSPS) is 17.9. The average Bonchev–Trinajstić information content (AvgIpc) is 3.10. The Morgan fingerprint density at radius 2 is 1.67 bits per heavy atom. The molecule has 2 N–H and O–H groups in total. The molecule has 0 aromatic heterocycles. The Labute approximate surface area is 195 Å². The summed E-state index contributed by atoms with van der Waals surface area (Å²) in [6.45, 7) is 8.65. The molecule has 0 aliphatic carbocycles. The van der Waals surface area contributed by atoms with Gasteiger partial charge < -0.3 is 15.4 Å². The van der Waals surface area contributed by atoms with Crippen molar-refractivity contribution in [3.8, 4) is 0 Å². The molecule has 0 saturated carbocycles. The summed E-state index contributed by atoms with van der Waals surface area (Å²) < 4.78 is 5.69. The molecule has 2 atom stereocenters. The number of amides is 3. The molecule has 2 unspecified atom stereocenters. The summed E-state index contributed by atoms with van der Waals surface area (Å²) in [5.41, 5.74) is 2.27. The van der Waals surface area contributed by atoms with Gasteiger partial charge in [0.05, 0.1) is 6.54 Å². The molecule has 3 amide bonds. The minimum Gasteiger partial charge on any atom is -0.438 e. The van der Waals surface area contributed by atoms with Crippen LogP contribution in [0.3, 0.4) is 0 Å². The number of ether oxygens (including phenoxy) is 1. The minimum absolute atomic E-state index is 0.0773. The second-order valence-electron chi connectivity index (χ2n) is 9.10. The summed E-state index contributed by atoms with van der Waals surface area (Å²) in [7, 11) is 0. The first-order valence-electron chi connectivity index (χ1n) is 11.5. The van der Waals surface area contributed by atoms with Gasteiger partial charge in [-0.1, -0.05) is 70.2 Å². The Morgan fingerprint density at radius 3 is 2.27 bits per heavy atom. The molecule has 0 radical (unpaired) electrons. The second-order valence-corrected chi connectivity index (χ2v) is 9.10. The summed E-state index contributed by atoms with van der Waals surface area (Å²) in [6.07, 6.45) is -0.416. The van der Waals surface area contributed by atoms with Gasteiger partial charge in [-0.3, -0.25) is 14.5 Å². The molecular formula is C26H33N3O4. The van der Waals surface area contributed by atoms with Crippen molar-refractivity contribution in [1.29, 1.82) is 0 Å². The number of nitrogens with one attached hydrogen (secondary N) is 2. The zero-order valence-corrected chi connectivity index (χ0v) is 19.7. The number of benzene rings is 2. The van der Waals surface area contributed by atoms with Crippen molar-refractivity contribution in [2.45, 2.75) is 52.8 Å². The van der Waals surface area contributed by atoms with E-state index in [9.17, 15) is 14.4 Å². The van der Waals surface area contributed by atoms with Crippen molar-refractivity contribution in [3.63, 3.8) is 0 Å². The number of nitrogens with zero attached hydrogens (tertiary/aromatic N) is 1. The standard InChI is InChI=1S/C26H33N3O4/c1-17(2)14-15-27-25(31)22-23(20-10-12-21(13-11-20)28-24(30)18(3)4)33-26(32)29(22)16-19-8-6-5-7-9-19/h5-13,17-18,22-23H,14-16H2,1-4H3,(H,27,31)(H,28,30). The number of carbonyl (C=O) groups excluding carboxylic acids is 3. The van der Waals surface area contributed by atoms with Gasteiger partial charge in [-0.15, -0.1) is 0 Å². The highest BCUT2D eigenvalue weighted by Gasteiger charge is 2.46. The predicted molar refractivity (Wildman–Crippen MR) is 127 cm³/mol. The molecule has 1 aliphatic rings. The molecule has 7 heteroatoms. The molecule has 1 fully saturated rings. The van der Waals surface area contributed by atoms with Crippen LogP contribution in [-0.2, 0) is 20.9 Å². The van der Waals surface area contributed by atoms with Gasteiger partial charge in [0, 0.05) is 18.2 Å². The van der Waals surface area contributed by atoms with Gasteiger partial charge >= 0.3 is 6.09 Å². The maximum absolute atomic E-state index is 13.2. The lowest BCUT2D eigenvalue weighted by Crippen LogP contribution is -2.46. The molecule has 0 bridgehead atoms. The Bertz CT molecular complexity index is 957. The third kappa shape index (κ3) is 6.34. The SMILES string of the molecule is CC(C)CCNC(=O)C1C(c2ccc(NC(=O)C(C)C)cc2)OC(=O)N1Cc1ccccc1. The van der Waals surface area contributed by atoms with Gasteiger partial charge in [0.25, 0.3) is 0 Å². The summed E-state index contributed by atoms with van der Waals surface area (Å²) >= 11 is 0. The van der Waals surface area contributed by atoms with Gasteiger partial charge in [-0.2, -0.15) is 0 Å². The van der Waals surface area contributed by atoms with E-state index >= 15 is 0 Å². The maximum atomic E-state index is 13.2. The number of anilines is 1. The summed E-state index contributed by atoms with van der Waals surface area (Å²) in [5, 5.41) is 5.82. The monoisotopic (exact) mass is 451 g/mol. The van der Waals surface area contributed by atoms with Crippen LogP contribution in [0.2, 0.25) is 0 Å². The zero-order chi connectivity index (χ0) is 24.0. The van der Waals surface area contributed by atoms with E-state index in [0.717, 1.165) is 12.0 Å². The summed E-state index contributed by atoms with van der Waals surface area (Å²) in [4.78, 5) is 39.5. The fourth-order valence-corrected chi connectivity index (χ4v) is 3.62. The zero-order valence-electron chi connectivity index (χ0n) is 19.7. The summed E-state index contributed by atoms with van der Waals surface area (Å²) in [5.74, 6) is 0.00796. The van der Waals surface area contributed by atoms with Crippen molar-refractivity contribution >= 4 is 23.6 Å². The molecule has 1 aliphatic heterocycles. The van der Waals surface area contributed by atoms with Crippen LogP contribution in [0, 0.1) is 11.8 Å². The van der Waals surface area contributed by atoms with Gasteiger partial charge in [0.2, 0.25) is 11.8 Å². The highest BCUT2D eigenvalue weighted by molar-refractivity contribution is 5.92. The smallest absolute Gasteiger partial charge is 0.411 e. The van der Waals surface area contributed by atoms with Gasteiger partial charge in [-0.25, -0.2) is 4.79 Å². The number of hydrogen-bond acceptors (Lipinski definition) is 4. The van der Waals surface area contributed by atoms with E-state index in [4.69, 9.17) is 4.74 Å². The van der Waals surface area contributed by atoms with Crippen LogP contribution in [0.1, 0.15) is 51.3 Å². The molecule has 0 spiro atoms. The largest absolute Gasteiger partial charge is 0.438 e. The molecule has 2 aromatic rings. The quantitative estimate of drug-likeness (QED) is 0.587. The van der Waals surface area contributed by atoms with Gasteiger partial charge in [0.1, 0.15) is 0 Å². The van der Waals surface area contributed by atoms with Crippen LogP contribution in [0.25, 0.3) is 0 Å². The lowest BCUT2D eigenvalue weighted by molar-refractivity contribution is -0.126. The third-order valence-electron chi connectivity index (χ3n) is 5.60. The average molecular weight is 452 g/mol. The Morgan fingerprint density at radius 1 is 1.00 bits per heavy atom. The van der Waals surface area contributed by atoms with Crippen LogP contribution in [-0.4, -0.2) is 35.4 Å². The molecule has 2 aromatic carbocycles. The molecule has 7 nitrogen and oxygen atoms in total. The second kappa shape index (κ2) is 11.0. The highest BCUT2D eigenvalue weighted by Crippen LogP contribution is 2.34. The first kappa shape index (κ1) is 24.3. The van der Waals surface area contributed by atoms with Gasteiger partial charge in [0.15, 0.2) is 12.1 Å². The molecule has 1 heterocycles. The lowest BCUT2D eigenvalue weighted by atomic mass is 10.00. The Balaban J connectivity index is 1.82. The first-order chi connectivity index (χ1) is 15.8. The van der Waals surface area contributed by atoms with E-state index in [-0.39, 0.29) is 24.3 Å². The van der Waals surface area contributed by atoms with E-state index < -0.39 is 18.2 Å². The van der Waals surface area contributed by atoms with Crippen molar-refractivity contribution in [2.75, 3.05) is 11.9 Å². The van der Waals surface area contributed by atoms with E-state index in [1.165, 1.54) is 4.90 Å². The Kier molecular flexibility index (Phi) is 8.09. The predicted octanol–water partition coefficient (Wildman–Crippen LogP) is 4.51. The lowest BCUT2D eigenvalue weighted by Gasteiger charge is -2.24. The third-order valence-corrected chi connectivity index (χ3v) is 5.60. The van der Waals surface area contributed by atoms with Crippen molar-refractivity contribution < 1.29 is 19.1 Å². The van der Waals surface area contributed by atoms with Crippen molar-refractivity contribution in [1.82, 2.24) is 10.2 Å². The highest BCUT2D eigenvalue weighted by atomic mass is 16.6. The number of rotatable bonds is 9. The molecule has 33 heavy (non-hydrogen) atoms. The van der Waals surface area contributed by atoms with E-state index in [1.807, 2.05) is 44.2 Å². The molecule has 1 saturated heterocycles. The molecular weight excluding hydrogens is 418 g/mol. The van der Waals surface area contributed by atoms with Crippen LogP contribution in [0.5, 0.6) is 0 Å². The van der Waals surface area contributed by atoms with Crippen LogP contribution in [0.4, 0.5) is 10.5 Å². The van der Waals surface area contributed by atoms with Crippen molar-refractivity contribution in [3.05, 3.63) is 65.7 Å². The van der Waals surface area contributed by atoms with E-state index in [1.54, 1.807) is 24.3 Å². The fourth-order valence-electron chi connectivity index (χ4n) is 3.62. The molecule has 176 valence electrons. The van der Waals surface area contributed by atoms with E-state index in [2.05, 4.69) is 24.5 Å². The number of cyclic esters (lactones) is 1. The van der Waals surface area contributed by atoms with Crippen molar-refractivity contribution in [2.24, 2.45) is 11.8 Å². The van der Waals surface area contributed by atoms with Crippen LogP contribution >= 0.6 is 0 Å².